The first kappa shape index (κ1) is 24.6. The minimum Gasteiger partial charge on any atom is -0.494 e. The van der Waals surface area contributed by atoms with E-state index < -0.39 is 0 Å². The topological polar surface area (TPSA) is 93.2 Å². The molecule has 0 aliphatic heterocycles. The molecule has 0 radical (unpaired) electrons. The van der Waals surface area contributed by atoms with Crippen molar-refractivity contribution >= 4 is 11.8 Å². The number of amides is 2. The van der Waals surface area contributed by atoms with Crippen LogP contribution in [0.5, 0.6) is 5.75 Å². The van der Waals surface area contributed by atoms with Crippen LogP contribution in [-0.4, -0.2) is 34.9 Å². The van der Waals surface area contributed by atoms with Crippen LogP contribution in [0.1, 0.15) is 39.0 Å². The first-order chi connectivity index (χ1) is 17.7. The maximum atomic E-state index is 13.0. The number of pyridine rings is 2. The van der Waals surface area contributed by atoms with E-state index in [0.717, 1.165) is 22.6 Å². The number of hydrogen-bond donors (Lipinski definition) is 2. The Labute approximate surface area is 210 Å². The molecule has 0 saturated carbocycles. The Morgan fingerprint density at radius 1 is 0.778 bits per heavy atom. The van der Waals surface area contributed by atoms with Crippen molar-refractivity contribution in [1.29, 1.82) is 0 Å². The Bertz CT molecular complexity index is 1310. The van der Waals surface area contributed by atoms with Crippen molar-refractivity contribution < 1.29 is 14.3 Å². The number of rotatable bonds is 10. The monoisotopic (exact) mass is 480 g/mol. The Morgan fingerprint density at radius 3 is 2.31 bits per heavy atom. The maximum absolute atomic E-state index is 13.0. The summed E-state index contributed by atoms with van der Waals surface area (Å²) in [5.41, 5.74) is 4.22. The Hall–Kier alpha value is -4.52. The first-order valence-corrected chi connectivity index (χ1v) is 11.9. The molecule has 0 unspecified atom stereocenters. The van der Waals surface area contributed by atoms with Crippen LogP contribution in [0.4, 0.5) is 0 Å². The molecule has 2 N–H and O–H groups in total. The molecule has 0 bridgehead atoms. The molecule has 182 valence electrons. The van der Waals surface area contributed by atoms with Gasteiger partial charge in [-0.05, 0) is 60.5 Å². The number of ether oxygens (including phenoxy) is 1. The van der Waals surface area contributed by atoms with Gasteiger partial charge in [0.05, 0.1) is 6.61 Å². The lowest BCUT2D eigenvalue weighted by Crippen LogP contribution is -2.27. The van der Waals surface area contributed by atoms with Crippen molar-refractivity contribution in [3.8, 4) is 16.9 Å². The van der Waals surface area contributed by atoms with Crippen LogP contribution in [-0.2, 0) is 13.0 Å². The van der Waals surface area contributed by atoms with Crippen molar-refractivity contribution in [1.82, 2.24) is 20.6 Å². The SMILES string of the molecule is CCOc1ccc(C(=O)NCc2ccccc2-c2cccnc2C(=O)NCCc2ccccn2)cc1. The van der Waals surface area contributed by atoms with E-state index in [1.54, 1.807) is 42.7 Å². The van der Waals surface area contributed by atoms with Crippen LogP contribution >= 0.6 is 0 Å². The number of nitrogens with zero attached hydrogens (tertiary/aromatic N) is 2. The molecule has 7 heteroatoms. The fraction of sp³-hybridized carbons (Fsp3) is 0.172. The van der Waals surface area contributed by atoms with E-state index in [4.69, 9.17) is 4.74 Å². The van der Waals surface area contributed by atoms with Crippen LogP contribution < -0.4 is 15.4 Å². The molecule has 0 atom stereocenters. The number of benzene rings is 2. The summed E-state index contributed by atoms with van der Waals surface area (Å²) in [4.78, 5) is 34.4. The van der Waals surface area contributed by atoms with Gasteiger partial charge in [0.2, 0.25) is 0 Å². The molecule has 2 aromatic heterocycles. The van der Waals surface area contributed by atoms with Crippen LogP contribution in [0.15, 0.2) is 91.3 Å². The van der Waals surface area contributed by atoms with Crippen molar-refractivity contribution in [2.75, 3.05) is 13.2 Å². The highest BCUT2D eigenvalue weighted by molar-refractivity contribution is 5.99. The van der Waals surface area contributed by atoms with Crippen LogP contribution in [0.25, 0.3) is 11.1 Å². The maximum Gasteiger partial charge on any atom is 0.270 e. The van der Waals surface area contributed by atoms with E-state index in [9.17, 15) is 9.59 Å². The fourth-order valence-electron chi connectivity index (χ4n) is 3.82. The summed E-state index contributed by atoms with van der Waals surface area (Å²) in [6.07, 6.45) is 3.97. The standard InChI is InChI=1S/C29H28N4O3/c1-2-36-24-14-12-21(13-15-24)28(34)33-20-22-8-3-4-10-25(22)26-11-7-18-31-27(26)29(35)32-19-16-23-9-5-6-17-30-23/h3-15,17-18H,2,16,19-20H2,1H3,(H,32,35)(H,33,34). The van der Waals surface area contributed by atoms with Gasteiger partial charge in [-0.25, -0.2) is 0 Å². The summed E-state index contributed by atoms with van der Waals surface area (Å²) in [6, 6.07) is 24.1. The summed E-state index contributed by atoms with van der Waals surface area (Å²) in [5, 5.41) is 5.91. The highest BCUT2D eigenvalue weighted by Crippen LogP contribution is 2.26. The zero-order chi connectivity index (χ0) is 25.2. The van der Waals surface area contributed by atoms with Gasteiger partial charge in [0.25, 0.3) is 11.8 Å². The summed E-state index contributed by atoms with van der Waals surface area (Å²) < 4.78 is 5.44. The molecule has 0 fully saturated rings. The van der Waals surface area contributed by atoms with Gasteiger partial charge < -0.3 is 15.4 Å². The van der Waals surface area contributed by atoms with Crippen LogP contribution in [0.3, 0.4) is 0 Å². The minimum absolute atomic E-state index is 0.188. The van der Waals surface area contributed by atoms with Gasteiger partial charge in [0.1, 0.15) is 11.4 Å². The fourth-order valence-corrected chi connectivity index (χ4v) is 3.82. The predicted octanol–water partition coefficient (Wildman–Crippen LogP) is 4.44. The normalized spacial score (nSPS) is 10.5. The average Bonchev–Trinajstić information content (AvgIpc) is 2.93. The molecule has 4 aromatic rings. The molecule has 2 aromatic carbocycles. The smallest absolute Gasteiger partial charge is 0.270 e. The number of carbonyl (C=O) groups is 2. The number of nitrogens with one attached hydrogen (secondary N) is 2. The lowest BCUT2D eigenvalue weighted by molar-refractivity contribution is 0.0941. The number of carbonyl (C=O) groups excluding carboxylic acids is 2. The molecule has 0 spiro atoms. The summed E-state index contributed by atoms with van der Waals surface area (Å²) in [5.74, 6) is 0.281. The van der Waals surface area contributed by atoms with E-state index in [1.165, 1.54) is 0 Å². The summed E-state index contributed by atoms with van der Waals surface area (Å²) in [6.45, 7) is 3.24. The van der Waals surface area contributed by atoms with E-state index in [-0.39, 0.29) is 11.8 Å². The van der Waals surface area contributed by atoms with Crippen LogP contribution in [0, 0.1) is 0 Å². The van der Waals surface area contributed by atoms with Crippen molar-refractivity contribution in [2.45, 2.75) is 19.9 Å². The molecule has 7 nitrogen and oxygen atoms in total. The third-order valence-corrected chi connectivity index (χ3v) is 5.59. The third kappa shape index (κ3) is 6.33. The molecule has 0 aliphatic carbocycles. The minimum atomic E-state index is -0.255. The van der Waals surface area contributed by atoms with Gasteiger partial charge in [-0.2, -0.15) is 0 Å². The molecule has 2 amide bonds. The lowest BCUT2D eigenvalue weighted by Gasteiger charge is -2.14. The average molecular weight is 481 g/mol. The van der Waals surface area contributed by atoms with Gasteiger partial charge in [-0.3, -0.25) is 19.6 Å². The van der Waals surface area contributed by atoms with Crippen molar-refractivity contribution in [3.63, 3.8) is 0 Å². The highest BCUT2D eigenvalue weighted by Gasteiger charge is 2.17. The molecular formula is C29H28N4O3. The van der Waals surface area contributed by atoms with E-state index in [2.05, 4.69) is 20.6 Å². The van der Waals surface area contributed by atoms with Crippen molar-refractivity contribution in [3.05, 3.63) is 114 Å². The quantitative estimate of drug-likeness (QED) is 0.350. The largest absolute Gasteiger partial charge is 0.494 e. The molecule has 0 saturated heterocycles. The summed E-state index contributed by atoms with van der Waals surface area (Å²) >= 11 is 0. The summed E-state index contributed by atoms with van der Waals surface area (Å²) in [7, 11) is 0. The molecule has 36 heavy (non-hydrogen) atoms. The highest BCUT2D eigenvalue weighted by atomic mass is 16.5. The van der Waals surface area contributed by atoms with Gasteiger partial charge in [0.15, 0.2) is 0 Å². The van der Waals surface area contributed by atoms with Gasteiger partial charge in [-0.15, -0.1) is 0 Å². The predicted molar refractivity (Wildman–Crippen MR) is 139 cm³/mol. The Balaban J connectivity index is 1.46. The molecule has 0 aliphatic rings. The Morgan fingerprint density at radius 2 is 1.53 bits per heavy atom. The van der Waals surface area contributed by atoms with Crippen LogP contribution in [0.2, 0.25) is 0 Å². The molecule has 4 rings (SSSR count). The molecular weight excluding hydrogens is 452 g/mol. The number of hydrogen-bond acceptors (Lipinski definition) is 5. The lowest BCUT2D eigenvalue weighted by atomic mass is 9.97. The number of aromatic nitrogens is 2. The Kier molecular flexibility index (Phi) is 8.38. The van der Waals surface area contributed by atoms with E-state index in [1.807, 2.05) is 55.5 Å². The second kappa shape index (κ2) is 12.3. The second-order valence-corrected chi connectivity index (χ2v) is 8.02. The van der Waals surface area contributed by atoms with Gasteiger partial charge >= 0.3 is 0 Å². The third-order valence-electron chi connectivity index (χ3n) is 5.59. The first-order valence-electron chi connectivity index (χ1n) is 11.9. The second-order valence-electron chi connectivity index (χ2n) is 8.02. The molecule has 2 heterocycles. The van der Waals surface area contributed by atoms with E-state index >= 15 is 0 Å². The van der Waals surface area contributed by atoms with Crippen molar-refractivity contribution in [2.24, 2.45) is 0 Å². The van der Waals surface area contributed by atoms with Gasteiger partial charge in [0, 0.05) is 48.7 Å². The zero-order valence-electron chi connectivity index (χ0n) is 20.1. The van der Waals surface area contributed by atoms with E-state index in [0.29, 0.717) is 42.9 Å². The zero-order valence-corrected chi connectivity index (χ0v) is 20.1. The van der Waals surface area contributed by atoms with Gasteiger partial charge in [-0.1, -0.05) is 36.4 Å².